The summed E-state index contributed by atoms with van der Waals surface area (Å²) in [5.74, 6) is 2.46. The first kappa shape index (κ1) is 14.5. The molecular weight excluding hydrogens is 292 g/mol. The third kappa shape index (κ3) is 2.46. The number of nitrogens with zero attached hydrogens (tertiary/aromatic N) is 4. The van der Waals surface area contributed by atoms with Crippen molar-refractivity contribution < 1.29 is 9.21 Å². The second-order valence-electron chi connectivity index (χ2n) is 6.53. The number of fused-ring (bicyclic) bond motifs is 1. The van der Waals surface area contributed by atoms with Gasteiger partial charge in [-0.3, -0.25) is 4.79 Å². The van der Waals surface area contributed by atoms with Crippen LogP contribution in [-0.4, -0.2) is 32.1 Å². The molecule has 2 aromatic heterocycles. The number of hydrogen-bond acceptors (Lipinski definition) is 4. The minimum Gasteiger partial charge on any atom is -0.459 e. The van der Waals surface area contributed by atoms with E-state index in [1.807, 2.05) is 17.9 Å². The fraction of sp³-hybridized carbons (Fsp3) is 0.588. The highest BCUT2D eigenvalue weighted by atomic mass is 16.3. The summed E-state index contributed by atoms with van der Waals surface area (Å²) in [6.45, 7) is 3.63. The number of carbonyl (C=O) groups excluding carboxylic acids is 1. The molecule has 0 aromatic carbocycles. The zero-order chi connectivity index (χ0) is 15.8. The minimum atomic E-state index is -0.0269. The molecule has 0 saturated carbocycles. The van der Waals surface area contributed by atoms with Gasteiger partial charge >= 0.3 is 0 Å². The average Bonchev–Trinajstić information content (AvgIpc) is 3.23. The van der Waals surface area contributed by atoms with Crippen molar-refractivity contribution in [1.29, 1.82) is 0 Å². The monoisotopic (exact) mass is 314 g/mol. The maximum atomic E-state index is 12.8. The van der Waals surface area contributed by atoms with Crippen molar-refractivity contribution in [2.24, 2.45) is 0 Å². The lowest BCUT2D eigenvalue weighted by Gasteiger charge is -2.24. The topological polar surface area (TPSA) is 64.2 Å². The zero-order valence-corrected chi connectivity index (χ0v) is 13.5. The highest BCUT2D eigenvalue weighted by Crippen LogP contribution is 2.33. The predicted molar refractivity (Wildman–Crippen MR) is 84.0 cm³/mol. The maximum absolute atomic E-state index is 12.8. The van der Waals surface area contributed by atoms with Crippen LogP contribution in [0.2, 0.25) is 0 Å². The van der Waals surface area contributed by atoms with E-state index in [1.165, 1.54) is 12.8 Å². The van der Waals surface area contributed by atoms with Gasteiger partial charge in [-0.05, 0) is 38.7 Å². The van der Waals surface area contributed by atoms with Crippen LogP contribution < -0.4 is 0 Å². The first-order chi connectivity index (χ1) is 11.3. The van der Waals surface area contributed by atoms with Crippen molar-refractivity contribution in [1.82, 2.24) is 19.7 Å². The first-order valence-electron chi connectivity index (χ1n) is 8.53. The van der Waals surface area contributed by atoms with Gasteiger partial charge < -0.3 is 13.9 Å². The summed E-state index contributed by atoms with van der Waals surface area (Å²) in [4.78, 5) is 14.8. The summed E-state index contributed by atoms with van der Waals surface area (Å²) in [6.07, 6.45) is 8.10. The van der Waals surface area contributed by atoms with E-state index in [1.54, 1.807) is 6.26 Å². The fourth-order valence-corrected chi connectivity index (χ4v) is 3.75. The van der Waals surface area contributed by atoms with Gasteiger partial charge in [-0.1, -0.05) is 6.42 Å². The predicted octanol–water partition coefficient (Wildman–Crippen LogP) is 2.88. The number of likely N-dealkylation sites (tertiary alicyclic amines) is 1. The van der Waals surface area contributed by atoms with Crippen LogP contribution in [0.4, 0.5) is 0 Å². The molecule has 0 radical (unpaired) electrons. The Morgan fingerprint density at radius 2 is 2.13 bits per heavy atom. The van der Waals surface area contributed by atoms with Gasteiger partial charge in [-0.2, -0.15) is 0 Å². The van der Waals surface area contributed by atoms with E-state index in [4.69, 9.17) is 4.42 Å². The highest BCUT2D eigenvalue weighted by molar-refractivity contribution is 5.93. The quantitative estimate of drug-likeness (QED) is 0.855. The van der Waals surface area contributed by atoms with Gasteiger partial charge in [-0.15, -0.1) is 10.2 Å². The van der Waals surface area contributed by atoms with Crippen LogP contribution in [0.3, 0.4) is 0 Å². The number of furan rings is 1. The van der Waals surface area contributed by atoms with Crippen molar-refractivity contribution in [3.05, 3.63) is 35.3 Å². The summed E-state index contributed by atoms with van der Waals surface area (Å²) in [5, 5.41) is 8.83. The summed E-state index contributed by atoms with van der Waals surface area (Å²) in [6, 6.07) is 1.85. The molecule has 2 aromatic rings. The maximum Gasteiger partial charge on any atom is 0.290 e. The largest absolute Gasteiger partial charge is 0.459 e. The number of aromatic nitrogens is 3. The van der Waals surface area contributed by atoms with Gasteiger partial charge in [0, 0.05) is 25.1 Å². The van der Waals surface area contributed by atoms with Crippen LogP contribution in [-0.2, 0) is 13.0 Å². The van der Waals surface area contributed by atoms with E-state index < -0.39 is 0 Å². The summed E-state index contributed by atoms with van der Waals surface area (Å²) < 4.78 is 7.65. The molecule has 23 heavy (non-hydrogen) atoms. The molecule has 0 N–H and O–H groups in total. The molecule has 1 amide bonds. The van der Waals surface area contributed by atoms with E-state index in [0.717, 1.165) is 56.0 Å². The molecule has 122 valence electrons. The van der Waals surface area contributed by atoms with Crippen LogP contribution >= 0.6 is 0 Å². The second-order valence-corrected chi connectivity index (χ2v) is 6.53. The molecule has 0 unspecified atom stereocenters. The lowest BCUT2D eigenvalue weighted by atomic mass is 10.2. The van der Waals surface area contributed by atoms with E-state index >= 15 is 0 Å². The molecule has 4 rings (SSSR count). The molecule has 2 aliphatic heterocycles. The second kappa shape index (κ2) is 5.83. The van der Waals surface area contributed by atoms with Gasteiger partial charge in [0.05, 0.1) is 12.3 Å². The molecular formula is C17H22N4O2. The Labute approximate surface area is 135 Å². The smallest absolute Gasteiger partial charge is 0.290 e. The van der Waals surface area contributed by atoms with Gasteiger partial charge in [0.25, 0.3) is 5.91 Å². The summed E-state index contributed by atoms with van der Waals surface area (Å²) in [5.41, 5.74) is 0.890. The Morgan fingerprint density at radius 3 is 2.96 bits per heavy atom. The lowest BCUT2D eigenvalue weighted by Crippen LogP contribution is -2.32. The normalized spacial score (nSPS) is 21.3. The van der Waals surface area contributed by atoms with Crippen molar-refractivity contribution in [2.75, 3.05) is 6.54 Å². The van der Waals surface area contributed by atoms with Crippen LogP contribution in [0.25, 0.3) is 0 Å². The van der Waals surface area contributed by atoms with E-state index in [2.05, 4.69) is 14.8 Å². The third-order valence-electron chi connectivity index (χ3n) is 5.01. The van der Waals surface area contributed by atoms with Crippen molar-refractivity contribution in [3.63, 3.8) is 0 Å². The average molecular weight is 314 g/mol. The molecule has 1 fully saturated rings. The number of rotatable bonds is 2. The molecule has 2 aliphatic rings. The standard InChI is InChI=1S/C17H22N4O2/c1-12-8-11-23-15(12)17(22)20-10-5-6-13(20)16-19-18-14-7-3-2-4-9-21(14)16/h8,11,13H,2-7,9-10H2,1H3/t13-/m0/s1. The highest BCUT2D eigenvalue weighted by Gasteiger charge is 2.36. The van der Waals surface area contributed by atoms with Crippen LogP contribution in [0.1, 0.15) is 65.9 Å². The first-order valence-corrected chi connectivity index (χ1v) is 8.53. The van der Waals surface area contributed by atoms with Crippen LogP contribution in [0.15, 0.2) is 16.7 Å². The summed E-state index contributed by atoms with van der Waals surface area (Å²) >= 11 is 0. The van der Waals surface area contributed by atoms with E-state index in [-0.39, 0.29) is 11.9 Å². The zero-order valence-electron chi connectivity index (χ0n) is 13.5. The van der Waals surface area contributed by atoms with E-state index in [0.29, 0.717) is 5.76 Å². The van der Waals surface area contributed by atoms with Gasteiger partial charge in [0.2, 0.25) is 0 Å². The molecule has 6 nitrogen and oxygen atoms in total. The molecule has 0 bridgehead atoms. The molecule has 0 spiro atoms. The molecule has 1 atom stereocenters. The minimum absolute atomic E-state index is 0.0198. The fourth-order valence-electron chi connectivity index (χ4n) is 3.75. The van der Waals surface area contributed by atoms with Crippen molar-refractivity contribution >= 4 is 5.91 Å². The van der Waals surface area contributed by atoms with Gasteiger partial charge in [0.15, 0.2) is 11.6 Å². The van der Waals surface area contributed by atoms with Gasteiger partial charge in [0.1, 0.15) is 5.82 Å². The molecule has 4 heterocycles. The molecule has 6 heteroatoms. The Balaban J connectivity index is 1.65. The number of carbonyl (C=O) groups is 1. The van der Waals surface area contributed by atoms with Crippen molar-refractivity contribution in [2.45, 2.75) is 58.0 Å². The van der Waals surface area contributed by atoms with E-state index in [9.17, 15) is 4.79 Å². The van der Waals surface area contributed by atoms with Crippen molar-refractivity contribution in [3.8, 4) is 0 Å². The molecule has 0 aliphatic carbocycles. The third-order valence-corrected chi connectivity index (χ3v) is 5.01. The Bertz CT molecular complexity index is 718. The number of amides is 1. The lowest BCUT2D eigenvalue weighted by molar-refractivity contribution is 0.0693. The number of aryl methyl sites for hydroxylation is 2. The Morgan fingerprint density at radius 1 is 1.22 bits per heavy atom. The van der Waals surface area contributed by atoms with Gasteiger partial charge in [-0.25, -0.2) is 0 Å². The number of hydrogen-bond donors (Lipinski definition) is 0. The van der Waals surface area contributed by atoms with Crippen LogP contribution in [0, 0.1) is 6.92 Å². The Hall–Kier alpha value is -2.11. The summed E-state index contributed by atoms with van der Waals surface area (Å²) in [7, 11) is 0. The molecule has 1 saturated heterocycles. The Kier molecular flexibility index (Phi) is 3.67. The SMILES string of the molecule is Cc1ccoc1C(=O)N1CCC[C@H]1c1nnc2n1CCCCC2. The van der Waals surface area contributed by atoms with Crippen LogP contribution in [0.5, 0.6) is 0 Å².